The summed E-state index contributed by atoms with van der Waals surface area (Å²) in [5, 5.41) is 26.7. The first kappa shape index (κ1) is 50.7. The van der Waals surface area contributed by atoms with Crippen molar-refractivity contribution in [3.8, 4) is 0 Å². The number of hydrogen-bond acceptors (Lipinski definition) is 15. The van der Waals surface area contributed by atoms with Crippen LogP contribution in [0.3, 0.4) is 0 Å². The summed E-state index contributed by atoms with van der Waals surface area (Å²) in [4.78, 5) is 114. The number of carbonyl (C=O) groups excluding carboxylic acids is 3. The molecule has 0 radical (unpaired) electrons. The molecule has 0 saturated heterocycles. The molecule has 2 heterocycles. The molecule has 0 aliphatic carbocycles. The van der Waals surface area contributed by atoms with Gasteiger partial charge in [-0.05, 0) is 6.42 Å². The molecule has 2 aromatic rings. The lowest BCUT2D eigenvalue weighted by atomic mass is 9.99. The molecule has 0 bridgehead atoms. The van der Waals surface area contributed by atoms with Crippen molar-refractivity contribution < 1.29 is 79.0 Å². The van der Waals surface area contributed by atoms with Crippen LogP contribution in [0.4, 0.5) is 35.1 Å². The van der Waals surface area contributed by atoms with Gasteiger partial charge in [-0.25, -0.2) is 56.2 Å². The van der Waals surface area contributed by atoms with Crippen molar-refractivity contribution in [1.29, 1.82) is 0 Å². The molecular weight excluding hydrogens is 848 g/mol. The Bertz CT molecular complexity index is 2170. The van der Waals surface area contributed by atoms with Crippen LogP contribution >= 0.6 is 0 Å². The van der Waals surface area contributed by atoms with Gasteiger partial charge >= 0.3 is 75.7 Å². The number of nitrogens with zero attached hydrogens (tertiary/aromatic N) is 6. The Morgan fingerprint density at radius 3 is 1.15 bits per heavy atom. The Labute approximate surface area is 329 Å². The van der Waals surface area contributed by atoms with Gasteiger partial charge in [0.25, 0.3) is 0 Å². The topological polar surface area (TPSA) is 272 Å². The van der Waals surface area contributed by atoms with Crippen molar-refractivity contribution in [2.45, 2.75) is 102 Å². The van der Waals surface area contributed by atoms with Crippen LogP contribution < -0.4 is 34.1 Å². The Morgan fingerprint density at radius 1 is 0.483 bits per heavy atom. The zero-order valence-corrected chi connectivity index (χ0v) is 31.5. The van der Waals surface area contributed by atoms with E-state index in [1.165, 1.54) is 0 Å². The predicted octanol–water partition coefficient (Wildman–Crippen LogP) is -2.52. The second-order valence-electron chi connectivity index (χ2n) is 12.5. The molecule has 340 valence electrons. The van der Waals surface area contributed by atoms with E-state index in [0.717, 1.165) is 0 Å². The fourth-order valence-corrected chi connectivity index (χ4v) is 4.94. The molecule has 2 aromatic heterocycles. The zero-order chi connectivity index (χ0) is 45.8. The van der Waals surface area contributed by atoms with E-state index in [1.807, 2.05) is 0 Å². The van der Waals surface area contributed by atoms with Crippen molar-refractivity contribution >= 4 is 17.9 Å². The van der Waals surface area contributed by atoms with Gasteiger partial charge in [0, 0.05) is 19.6 Å². The summed E-state index contributed by atoms with van der Waals surface area (Å²) in [6.45, 7) is -11.1. The van der Waals surface area contributed by atoms with Crippen LogP contribution in [0.5, 0.6) is 0 Å². The first-order valence-electron chi connectivity index (χ1n) is 17.6. The third kappa shape index (κ3) is 11.4. The summed E-state index contributed by atoms with van der Waals surface area (Å²) in [5.41, 5.74) is -8.19. The minimum Gasteiger partial charge on any atom is -0.466 e. The van der Waals surface area contributed by atoms with E-state index in [-0.39, 0.29) is 20.3 Å². The predicted molar refractivity (Wildman–Crippen MR) is 181 cm³/mol. The first-order valence-corrected chi connectivity index (χ1v) is 17.6. The molecule has 0 atom stereocenters. The molecule has 3 N–H and O–H groups in total. The van der Waals surface area contributed by atoms with Gasteiger partial charge in [0.15, 0.2) is 6.61 Å². The number of rotatable bonds is 25. The van der Waals surface area contributed by atoms with E-state index in [1.54, 1.807) is 6.92 Å². The molecule has 0 aliphatic heterocycles. The van der Waals surface area contributed by atoms with Crippen LogP contribution in [-0.2, 0) is 67.9 Å². The van der Waals surface area contributed by atoms with Crippen LogP contribution in [0, 0.1) is 0 Å². The van der Waals surface area contributed by atoms with Gasteiger partial charge in [-0.2, -0.15) is 35.1 Å². The third-order valence-corrected chi connectivity index (χ3v) is 8.30. The highest BCUT2D eigenvalue weighted by Crippen LogP contribution is 2.52. The van der Waals surface area contributed by atoms with Crippen LogP contribution in [0.25, 0.3) is 0 Å². The number of ether oxygens (including phenoxy) is 3. The fourth-order valence-electron chi connectivity index (χ4n) is 4.94. The van der Waals surface area contributed by atoms with Gasteiger partial charge in [-0.15, -0.1) is 0 Å². The van der Waals surface area contributed by atoms with Crippen molar-refractivity contribution in [1.82, 2.24) is 27.4 Å². The average Bonchev–Trinajstić information content (AvgIpc) is 3.18. The van der Waals surface area contributed by atoms with Crippen LogP contribution in [0.1, 0.15) is 39.0 Å². The number of halogens is 8. The number of unbranched alkanes of at least 4 members (excludes halogenated alkanes) is 1. The smallest absolute Gasteiger partial charge is 0.381 e. The van der Waals surface area contributed by atoms with Crippen molar-refractivity contribution in [2.24, 2.45) is 0 Å². The monoisotopic (exact) mass is 888 g/mol. The Balaban J connectivity index is 2.34. The molecule has 60 heavy (non-hydrogen) atoms. The van der Waals surface area contributed by atoms with Crippen LogP contribution in [-0.4, -0.2) is 124 Å². The first-order chi connectivity index (χ1) is 27.9. The summed E-state index contributed by atoms with van der Waals surface area (Å²) >= 11 is 0. The summed E-state index contributed by atoms with van der Waals surface area (Å²) < 4.78 is 125. The number of hydrogen-bond donors (Lipinski definition) is 3. The second-order valence-corrected chi connectivity index (χ2v) is 12.5. The number of esters is 3. The van der Waals surface area contributed by atoms with Gasteiger partial charge in [0.05, 0.1) is 58.7 Å². The third-order valence-electron chi connectivity index (χ3n) is 8.30. The number of alkyl halides is 8. The molecule has 2 rings (SSSR count). The normalized spacial score (nSPS) is 12.4. The highest BCUT2D eigenvalue weighted by atomic mass is 19.4. The molecule has 0 saturated carbocycles. The van der Waals surface area contributed by atoms with Crippen molar-refractivity contribution in [3.05, 3.63) is 62.9 Å². The van der Waals surface area contributed by atoms with Gasteiger partial charge in [0.2, 0.25) is 0 Å². The summed E-state index contributed by atoms with van der Waals surface area (Å²) in [6.07, 6.45) is -1.88. The fraction of sp³-hybridized carbons (Fsp3) is 0.710. The van der Waals surface area contributed by atoms with Crippen molar-refractivity contribution in [2.75, 3.05) is 39.6 Å². The number of aliphatic hydroxyl groups excluding tert-OH is 3. The number of aliphatic hydroxyl groups is 3. The largest absolute Gasteiger partial charge is 0.466 e. The summed E-state index contributed by atoms with van der Waals surface area (Å²) in [6, 6.07) is 0. The number of carbonyl (C=O) groups is 3. The molecule has 0 unspecified atom stereocenters. The molecule has 29 heteroatoms. The summed E-state index contributed by atoms with van der Waals surface area (Å²) in [5.74, 6) is -30.1. The van der Waals surface area contributed by atoms with Gasteiger partial charge < -0.3 is 29.5 Å². The molecule has 0 aliphatic rings. The SMILES string of the molecule is CCCCOC(=O)CCn1c(=O)n(CCC(=O)OCCn2c(=O)n(CCO)c(=O)n(CCO)c2=O)c(=O)n(CCC(=O)OCC(F)(F)C(F)(F)C(F)(F)C(F)(F)CO)c1=O. The molecule has 0 fully saturated rings. The Morgan fingerprint density at radius 2 is 0.800 bits per heavy atom. The van der Waals surface area contributed by atoms with Crippen molar-refractivity contribution in [3.63, 3.8) is 0 Å². The quantitative estimate of drug-likeness (QED) is 0.0402. The van der Waals surface area contributed by atoms with E-state index in [0.29, 0.717) is 26.5 Å². The standard InChI is InChI=1S/C31H40F8N6O15/c1-2-3-15-58-19(49)4-7-40-22(52)41(8-5-20(50)59-16-12-45-26(56)43(10-13-46)25(55)44(11-14-47)27(45)57)24(54)42(23(40)53)9-6-21(51)60-18-29(34,35)31(38,39)30(36,37)28(32,33)17-48/h46-48H,2-18H2,1H3. The van der Waals surface area contributed by atoms with E-state index in [4.69, 9.17) is 14.6 Å². The highest BCUT2D eigenvalue weighted by molar-refractivity contribution is 5.70. The van der Waals surface area contributed by atoms with Crippen LogP contribution in [0.2, 0.25) is 0 Å². The van der Waals surface area contributed by atoms with Gasteiger partial charge in [-0.3, -0.25) is 14.4 Å². The highest BCUT2D eigenvalue weighted by Gasteiger charge is 2.80. The maximum Gasteiger partial charge on any atom is 0.381 e. The second kappa shape index (κ2) is 21.2. The zero-order valence-electron chi connectivity index (χ0n) is 31.5. The molecule has 0 aromatic carbocycles. The van der Waals surface area contributed by atoms with E-state index < -0.39 is 167 Å². The molecule has 0 spiro atoms. The Kier molecular flexibility index (Phi) is 17.9. The van der Waals surface area contributed by atoms with E-state index >= 15 is 0 Å². The van der Waals surface area contributed by atoms with E-state index in [2.05, 4.69) is 4.74 Å². The lowest BCUT2D eigenvalue weighted by molar-refractivity contribution is -0.374. The molecule has 21 nitrogen and oxygen atoms in total. The molecular formula is C31H40F8N6O15. The Hall–Kier alpha value is -5.45. The minimum atomic E-state index is -6.91. The van der Waals surface area contributed by atoms with Gasteiger partial charge in [-0.1, -0.05) is 13.3 Å². The maximum atomic E-state index is 14.1. The van der Waals surface area contributed by atoms with Gasteiger partial charge in [0.1, 0.15) is 13.2 Å². The lowest BCUT2D eigenvalue weighted by Crippen LogP contribution is -2.64. The molecule has 0 amide bonds. The summed E-state index contributed by atoms with van der Waals surface area (Å²) in [7, 11) is 0. The van der Waals surface area contributed by atoms with Crippen LogP contribution in [0.15, 0.2) is 28.8 Å². The minimum absolute atomic E-state index is 0.0509. The average molecular weight is 889 g/mol. The van der Waals surface area contributed by atoms with E-state index in [9.17, 15) is 88.5 Å². The maximum absolute atomic E-state index is 14.1. The number of aromatic nitrogens is 6. The lowest BCUT2D eigenvalue weighted by Gasteiger charge is -2.35.